The molecule has 168 valence electrons. The number of morpholine rings is 1. The summed E-state index contributed by atoms with van der Waals surface area (Å²) in [4.78, 5) is 22.7. The van der Waals surface area contributed by atoms with Crippen LogP contribution in [0.25, 0.3) is 11.4 Å². The zero-order valence-electron chi connectivity index (χ0n) is 17.5. The summed E-state index contributed by atoms with van der Waals surface area (Å²) in [5, 5.41) is 16.0. The van der Waals surface area contributed by atoms with E-state index < -0.39 is 5.82 Å². The van der Waals surface area contributed by atoms with Gasteiger partial charge < -0.3 is 24.8 Å². The summed E-state index contributed by atoms with van der Waals surface area (Å²) in [6.07, 6.45) is 2.62. The number of halogens is 1. The maximum atomic E-state index is 13.6. The Labute approximate surface area is 187 Å². The molecule has 0 aromatic carbocycles. The minimum absolute atomic E-state index is 0.273. The summed E-state index contributed by atoms with van der Waals surface area (Å²) in [6, 6.07) is 4.89. The van der Waals surface area contributed by atoms with E-state index in [0.29, 0.717) is 42.5 Å². The van der Waals surface area contributed by atoms with Crippen LogP contribution in [-0.2, 0) is 11.3 Å². The summed E-state index contributed by atoms with van der Waals surface area (Å²) in [5.41, 5.74) is 1.88. The predicted octanol–water partition coefficient (Wildman–Crippen LogP) is 1.54. The van der Waals surface area contributed by atoms with Gasteiger partial charge in [-0.15, -0.1) is 21.5 Å². The van der Waals surface area contributed by atoms with E-state index in [2.05, 4.69) is 35.7 Å². The van der Waals surface area contributed by atoms with Gasteiger partial charge in [0.25, 0.3) is 0 Å². The highest BCUT2D eigenvalue weighted by Crippen LogP contribution is 2.21. The van der Waals surface area contributed by atoms with E-state index in [9.17, 15) is 9.18 Å². The van der Waals surface area contributed by atoms with Crippen molar-refractivity contribution in [3.63, 3.8) is 0 Å². The number of carbonyl (C=O) groups excluding carboxylic acids is 1. The molecule has 4 rings (SSSR count). The lowest BCUT2D eigenvalue weighted by atomic mass is 10.3. The Balaban J connectivity index is 1.64. The number of thiazole rings is 1. The van der Waals surface area contributed by atoms with Crippen molar-refractivity contribution in [2.45, 2.75) is 6.54 Å². The van der Waals surface area contributed by atoms with Crippen molar-refractivity contribution in [3.05, 3.63) is 46.6 Å². The molecule has 0 spiro atoms. The van der Waals surface area contributed by atoms with E-state index in [-0.39, 0.29) is 6.03 Å². The van der Waals surface area contributed by atoms with Crippen molar-refractivity contribution in [2.24, 2.45) is 4.99 Å². The number of anilines is 1. The van der Waals surface area contributed by atoms with Crippen LogP contribution in [0.5, 0.6) is 0 Å². The van der Waals surface area contributed by atoms with Crippen LogP contribution in [0.2, 0.25) is 0 Å². The van der Waals surface area contributed by atoms with Crippen LogP contribution in [0.3, 0.4) is 0 Å². The third-order valence-corrected chi connectivity index (χ3v) is 5.67. The van der Waals surface area contributed by atoms with Gasteiger partial charge in [-0.25, -0.2) is 14.2 Å². The molecule has 0 unspecified atom stereocenters. The summed E-state index contributed by atoms with van der Waals surface area (Å²) in [5.74, 6) is 0.344. The Kier molecular flexibility index (Phi) is 7.02. The SMILES string of the molecule is CNC(=O)NCCn1c(-c2ccc(N3CCOCC3)nn2)csc1=Nc1cncc(F)c1. The highest BCUT2D eigenvalue weighted by atomic mass is 32.1. The lowest BCUT2D eigenvalue weighted by Gasteiger charge is -2.27. The zero-order valence-corrected chi connectivity index (χ0v) is 18.3. The first-order valence-corrected chi connectivity index (χ1v) is 11.0. The van der Waals surface area contributed by atoms with Crippen LogP contribution < -0.4 is 20.3 Å². The molecule has 3 aromatic heterocycles. The van der Waals surface area contributed by atoms with Crippen LogP contribution >= 0.6 is 11.3 Å². The molecule has 1 saturated heterocycles. The maximum Gasteiger partial charge on any atom is 0.314 e. The van der Waals surface area contributed by atoms with E-state index in [1.807, 2.05) is 22.1 Å². The lowest BCUT2D eigenvalue weighted by molar-refractivity contribution is 0.122. The second-order valence-electron chi connectivity index (χ2n) is 6.91. The van der Waals surface area contributed by atoms with Crippen LogP contribution in [-0.4, -0.2) is 65.7 Å². The third kappa shape index (κ3) is 5.26. The smallest absolute Gasteiger partial charge is 0.314 e. The minimum atomic E-state index is -0.458. The monoisotopic (exact) mass is 458 g/mol. The van der Waals surface area contributed by atoms with E-state index in [0.717, 1.165) is 30.8 Å². The second kappa shape index (κ2) is 10.3. The molecule has 1 fully saturated rings. The molecule has 4 heterocycles. The van der Waals surface area contributed by atoms with Crippen molar-refractivity contribution in [3.8, 4) is 11.4 Å². The molecular weight excluding hydrogens is 435 g/mol. The second-order valence-corrected chi connectivity index (χ2v) is 7.75. The molecule has 32 heavy (non-hydrogen) atoms. The maximum absolute atomic E-state index is 13.6. The number of nitrogens with zero attached hydrogens (tertiary/aromatic N) is 6. The van der Waals surface area contributed by atoms with Crippen LogP contribution in [0, 0.1) is 5.82 Å². The molecule has 2 amide bonds. The van der Waals surface area contributed by atoms with Crippen molar-refractivity contribution in [1.29, 1.82) is 0 Å². The number of urea groups is 1. The number of ether oxygens (including phenoxy) is 1. The molecule has 12 heteroatoms. The number of hydrogen-bond acceptors (Lipinski definition) is 8. The Morgan fingerprint density at radius 3 is 2.84 bits per heavy atom. The first kappa shape index (κ1) is 21.8. The van der Waals surface area contributed by atoms with Gasteiger partial charge in [-0.2, -0.15) is 0 Å². The van der Waals surface area contributed by atoms with Gasteiger partial charge in [0.05, 0.1) is 37.0 Å². The Morgan fingerprint density at radius 1 is 1.28 bits per heavy atom. The molecule has 0 saturated carbocycles. The van der Waals surface area contributed by atoms with Gasteiger partial charge in [0.1, 0.15) is 11.5 Å². The van der Waals surface area contributed by atoms with Gasteiger partial charge in [-0.1, -0.05) is 0 Å². The third-order valence-electron chi connectivity index (χ3n) is 4.81. The zero-order chi connectivity index (χ0) is 22.3. The van der Waals surface area contributed by atoms with Gasteiger partial charge in [0.2, 0.25) is 0 Å². The van der Waals surface area contributed by atoms with E-state index in [4.69, 9.17) is 4.74 Å². The minimum Gasteiger partial charge on any atom is -0.378 e. The average Bonchev–Trinajstić information content (AvgIpc) is 3.22. The standard InChI is InChI=1S/C20H23FN8O2S/c1-22-19(30)24-4-5-29-17(13-32-20(29)25-15-10-14(21)11-23-12-15)16-2-3-18(27-26-16)28-6-8-31-9-7-28/h2-3,10-13H,4-9H2,1H3,(H2,22,24,30). The first-order chi connectivity index (χ1) is 15.6. The van der Waals surface area contributed by atoms with Gasteiger partial charge in [-0.05, 0) is 12.1 Å². The van der Waals surface area contributed by atoms with Crippen molar-refractivity contribution in [2.75, 3.05) is 44.8 Å². The first-order valence-electron chi connectivity index (χ1n) is 10.1. The molecule has 0 atom stereocenters. The molecule has 0 radical (unpaired) electrons. The molecule has 3 aromatic rings. The van der Waals surface area contributed by atoms with Crippen molar-refractivity contribution >= 4 is 28.9 Å². The lowest BCUT2D eigenvalue weighted by Crippen LogP contribution is -2.36. The molecule has 1 aliphatic heterocycles. The number of amides is 2. The number of pyridine rings is 1. The topological polar surface area (TPSA) is 110 Å². The van der Waals surface area contributed by atoms with Crippen molar-refractivity contribution in [1.82, 2.24) is 30.4 Å². The molecule has 10 nitrogen and oxygen atoms in total. The Morgan fingerprint density at radius 2 is 2.12 bits per heavy atom. The Hall–Kier alpha value is -3.38. The van der Waals surface area contributed by atoms with Gasteiger partial charge in [0, 0.05) is 44.7 Å². The number of nitrogens with one attached hydrogen (secondary N) is 2. The van der Waals surface area contributed by atoms with E-state index >= 15 is 0 Å². The summed E-state index contributed by atoms with van der Waals surface area (Å²) in [7, 11) is 1.56. The van der Waals surface area contributed by atoms with Gasteiger partial charge in [0.15, 0.2) is 10.6 Å². The number of rotatable bonds is 6. The van der Waals surface area contributed by atoms with Crippen LogP contribution in [0.4, 0.5) is 20.7 Å². The van der Waals surface area contributed by atoms with Gasteiger partial charge >= 0.3 is 6.03 Å². The highest BCUT2D eigenvalue weighted by molar-refractivity contribution is 7.07. The number of hydrogen-bond donors (Lipinski definition) is 2. The normalized spacial score (nSPS) is 14.4. The largest absolute Gasteiger partial charge is 0.378 e. The summed E-state index contributed by atoms with van der Waals surface area (Å²) < 4.78 is 20.9. The van der Waals surface area contributed by atoms with Crippen LogP contribution in [0.1, 0.15) is 0 Å². The van der Waals surface area contributed by atoms with E-state index in [1.54, 1.807) is 7.05 Å². The van der Waals surface area contributed by atoms with Crippen LogP contribution in [0.15, 0.2) is 41.0 Å². The quantitative estimate of drug-likeness (QED) is 0.580. The molecule has 1 aliphatic rings. The fourth-order valence-corrected chi connectivity index (χ4v) is 4.15. The predicted molar refractivity (Wildman–Crippen MR) is 118 cm³/mol. The average molecular weight is 459 g/mol. The molecular formula is C20H23FN8O2S. The summed E-state index contributed by atoms with van der Waals surface area (Å²) in [6.45, 7) is 3.72. The summed E-state index contributed by atoms with van der Waals surface area (Å²) >= 11 is 1.39. The molecule has 0 aliphatic carbocycles. The number of carbonyl (C=O) groups is 1. The van der Waals surface area contributed by atoms with Gasteiger partial charge in [-0.3, -0.25) is 4.98 Å². The molecule has 2 N–H and O–H groups in total. The number of aromatic nitrogens is 4. The highest BCUT2D eigenvalue weighted by Gasteiger charge is 2.15. The fraction of sp³-hybridized carbons (Fsp3) is 0.350. The van der Waals surface area contributed by atoms with E-state index in [1.165, 1.54) is 23.6 Å². The molecule has 0 bridgehead atoms. The van der Waals surface area contributed by atoms with Crippen molar-refractivity contribution < 1.29 is 13.9 Å². The Bertz CT molecular complexity index is 1130. The fourth-order valence-electron chi connectivity index (χ4n) is 3.21.